The van der Waals surface area contributed by atoms with Crippen molar-refractivity contribution >= 4 is 17.7 Å². The molecule has 2 spiro atoms. The Balaban J connectivity index is 1.14. The van der Waals surface area contributed by atoms with E-state index in [1.165, 1.54) is 19.1 Å². The molecule has 0 bridgehead atoms. The van der Waals surface area contributed by atoms with Gasteiger partial charge >= 0.3 is 5.97 Å². The van der Waals surface area contributed by atoms with Gasteiger partial charge in [0.15, 0.2) is 11.9 Å². The van der Waals surface area contributed by atoms with Crippen molar-refractivity contribution in [3.8, 4) is 0 Å². The fourth-order valence-electron chi connectivity index (χ4n) is 11.9. The van der Waals surface area contributed by atoms with Crippen LogP contribution < -0.4 is 5.32 Å². The van der Waals surface area contributed by atoms with Crippen molar-refractivity contribution in [1.29, 1.82) is 0 Å². The molecule has 65 heavy (non-hydrogen) atoms. The van der Waals surface area contributed by atoms with E-state index in [-0.39, 0.29) is 59.5 Å². The van der Waals surface area contributed by atoms with Gasteiger partial charge in [-0.2, -0.15) is 0 Å². The van der Waals surface area contributed by atoms with Crippen LogP contribution in [0.15, 0.2) is 36.4 Å². The minimum Gasteiger partial charge on any atom is -0.453 e. The van der Waals surface area contributed by atoms with Crippen molar-refractivity contribution in [3.63, 3.8) is 0 Å². The number of Topliss-reactive ketones (excluding diaryl/α,β-unsaturated/α-hetero) is 1. The predicted octanol–water partition coefficient (Wildman–Crippen LogP) is 8.17. The van der Waals surface area contributed by atoms with Crippen LogP contribution in [0.1, 0.15) is 146 Å². The second kappa shape index (κ2) is 20.8. The summed E-state index contributed by atoms with van der Waals surface area (Å²) >= 11 is 0. The third-order valence-electron chi connectivity index (χ3n) is 16.4. The van der Waals surface area contributed by atoms with E-state index in [0.29, 0.717) is 70.8 Å². The van der Waals surface area contributed by atoms with Crippen LogP contribution in [0.2, 0.25) is 0 Å². The van der Waals surface area contributed by atoms with E-state index in [1.807, 2.05) is 53.7 Å². The summed E-state index contributed by atoms with van der Waals surface area (Å²) in [7, 11) is 0. The zero-order chi connectivity index (χ0) is 47.6. The van der Waals surface area contributed by atoms with E-state index in [4.69, 9.17) is 28.4 Å². The highest BCUT2D eigenvalue weighted by Crippen LogP contribution is 2.54. The molecule has 0 aliphatic carbocycles. The first kappa shape index (κ1) is 51.6. The lowest BCUT2D eigenvalue weighted by molar-refractivity contribution is -0.409. The van der Waals surface area contributed by atoms with Gasteiger partial charge in [-0.15, -0.1) is 0 Å². The monoisotopic (exact) mass is 914 g/mol. The number of hydrogen-bond acceptors (Lipinski definition) is 11. The first-order valence-electron chi connectivity index (χ1n) is 24.9. The number of benzene rings is 1. The molecule has 0 unspecified atom stereocenters. The average Bonchev–Trinajstić information content (AvgIpc) is 3.62. The summed E-state index contributed by atoms with van der Waals surface area (Å²) in [6.07, 6.45) is 6.41. The summed E-state index contributed by atoms with van der Waals surface area (Å²) < 4.78 is 53.7. The van der Waals surface area contributed by atoms with Gasteiger partial charge in [-0.3, -0.25) is 14.4 Å². The number of ketones is 1. The summed E-state index contributed by atoms with van der Waals surface area (Å²) in [6, 6.07) is 6.28. The van der Waals surface area contributed by atoms with Gasteiger partial charge in [0.2, 0.25) is 11.7 Å². The van der Waals surface area contributed by atoms with Crippen molar-refractivity contribution < 1.29 is 57.4 Å². The lowest BCUT2D eigenvalue weighted by Gasteiger charge is -2.54. The molecule has 1 amide bonds. The number of amides is 1. The summed E-state index contributed by atoms with van der Waals surface area (Å²) in [5.74, 6) is -5.77. The SMILES string of the molecule is CC[C@@H](C(=O)[C@@H](C)[C@@H](O)[C@H](C)[C@@H]1O[C@@H]([C@@H](CC)C(=O)NCCc2ccc(F)cc2)CC[C@@H]1C)[C@H]1O[C@]2(C=C[C@@H](OC(C)=O)[C@]3(CC[C@@](C)([C@H]4CC[C@](O)(CC)[C@H](C)O4)O3)O2)[C@H](C)C[C@@H]1C. The molecular formula is C52H80FNO11. The third kappa shape index (κ3) is 10.8. The molecular weight excluding hydrogens is 834 g/mol. The summed E-state index contributed by atoms with van der Waals surface area (Å²) in [4.78, 5) is 40.7. The second-order valence-corrected chi connectivity index (χ2v) is 20.8. The Morgan fingerprint density at radius 1 is 0.908 bits per heavy atom. The molecule has 1 aromatic rings. The standard InChI is InChI=1S/C52H80FNO11/c1-12-39(48(58)54-28-23-37-16-18-38(53)19-17-37)41-20-15-30(4)46(62-41)34(8)44(56)33(7)45(57)40(13-2)47-31(5)29-32(6)51(63-47)25-22-43(61-36(10)55)52(65-51)27-26-49(11,64-52)42-21-24-50(59,14-3)35(9)60-42/h16-19,22,25,30-35,39-44,46-47,56,59H,12-15,20-21,23-24,26-29H2,1-11H3,(H,54,58)/t30-,31-,32+,33-,34-,35-,39+,40-,41+,42+,43+,44+,46+,47-,49-,50+,51-,52-/m0/s1. The second-order valence-electron chi connectivity index (χ2n) is 20.8. The van der Waals surface area contributed by atoms with E-state index < -0.39 is 70.9 Å². The molecule has 12 nitrogen and oxygen atoms in total. The highest BCUT2D eigenvalue weighted by atomic mass is 19.1. The number of aliphatic hydroxyl groups is 2. The van der Waals surface area contributed by atoms with Crippen molar-refractivity contribution in [1.82, 2.24) is 5.32 Å². The molecule has 5 aliphatic rings. The maximum absolute atomic E-state index is 14.8. The Hall–Kier alpha value is -2.78. The lowest BCUT2D eigenvalue weighted by Crippen LogP contribution is -2.63. The number of halogens is 1. The molecule has 13 heteroatoms. The van der Waals surface area contributed by atoms with Crippen LogP contribution in [0.5, 0.6) is 0 Å². The molecule has 6 rings (SSSR count). The van der Waals surface area contributed by atoms with E-state index in [9.17, 15) is 29.0 Å². The Morgan fingerprint density at radius 2 is 1.60 bits per heavy atom. The predicted molar refractivity (Wildman–Crippen MR) is 244 cm³/mol. The zero-order valence-electron chi connectivity index (χ0n) is 41.0. The third-order valence-corrected chi connectivity index (χ3v) is 16.4. The van der Waals surface area contributed by atoms with Crippen molar-refractivity contribution in [3.05, 3.63) is 47.8 Å². The first-order valence-corrected chi connectivity index (χ1v) is 24.9. The molecule has 4 saturated heterocycles. The number of rotatable bonds is 16. The number of ether oxygens (including phenoxy) is 6. The molecule has 5 heterocycles. The van der Waals surface area contributed by atoms with Crippen LogP contribution in [-0.4, -0.2) is 99.9 Å². The molecule has 4 fully saturated rings. The summed E-state index contributed by atoms with van der Waals surface area (Å²) in [5, 5.41) is 26.3. The van der Waals surface area contributed by atoms with Gasteiger partial charge in [-0.05, 0) is 120 Å². The zero-order valence-corrected chi connectivity index (χ0v) is 41.0. The molecule has 18 atom stereocenters. The topological polar surface area (TPSA) is 159 Å². The van der Waals surface area contributed by atoms with Crippen LogP contribution in [0, 0.1) is 47.2 Å². The number of aliphatic hydroxyl groups excluding tert-OH is 1. The van der Waals surface area contributed by atoms with Crippen molar-refractivity contribution in [2.24, 2.45) is 41.4 Å². The number of esters is 1. The van der Waals surface area contributed by atoms with Crippen LogP contribution in [0.3, 0.4) is 0 Å². The molecule has 3 N–H and O–H groups in total. The largest absolute Gasteiger partial charge is 0.453 e. The summed E-state index contributed by atoms with van der Waals surface area (Å²) in [5.41, 5.74) is -0.779. The van der Waals surface area contributed by atoms with Crippen molar-refractivity contribution in [2.75, 3.05) is 6.54 Å². The first-order chi connectivity index (χ1) is 30.6. The highest BCUT2D eigenvalue weighted by molar-refractivity contribution is 5.84. The van der Waals surface area contributed by atoms with Crippen LogP contribution in [0.4, 0.5) is 4.39 Å². The quantitative estimate of drug-likeness (QED) is 0.109. The van der Waals surface area contributed by atoms with E-state index in [2.05, 4.69) is 26.1 Å². The van der Waals surface area contributed by atoms with E-state index >= 15 is 0 Å². The normalized spacial score (nSPS) is 39.6. The van der Waals surface area contributed by atoms with Gasteiger partial charge in [-0.1, -0.05) is 67.5 Å². The van der Waals surface area contributed by atoms with Crippen LogP contribution in [0.25, 0.3) is 0 Å². The van der Waals surface area contributed by atoms with E-state index in [1.54, 1.807) is 19.1 Å². The Labute approximate surface area is 387 Å². The average molecular weight is 914 g/mol. The fraction of sp³-hybridized carbons (Fsp3) is 0.788. The maximum atomic E-state index is 14.8. The molecule has 0 aromatic heterocycles. The van der Waals surface area contributed by atoms with Gasteiger partial charge in [0.05, 0.1) is 53.7 Å². The smallest absolute Gasteiger partial charge is 0.303 e. The molecule has 1 aromatic carbocycles. The lowest BCUT2D eigenvalue weighted by atomic mass is 9.72. The highest BCUT2D eigenvalue weighted by Gasteiger charge is 2.64. The van der Waals surface area contributed by atoms with Gasteiger partial charge < -0.3 is 44.0 Å². The van der Waals surface area contributed by atoms with Crippen molar-refractivity contribution in [2.45, 2.75) is 212 Å². The number of hydrogen-bond donors (Lipinski definition) is 3. The van der Waals surface area contributed by atoms with E-state index in [0.717, 1.165) is 12.0 Å². The van der Waals surface area contributed by atoms with Crippen LogP contribution in [-0.2, 0) is 49.2 Å². The molecule has 0 saturated carbocycles. The fourth-order valence-corrected chi connectivity index (χ4v) is 11.9. The van der Waals surface area contributed by atoms with Crippen LogP contribution >= 0.6 is 0 Å². The van der Waals surface area contributed by atoms with Gasteiger partial charge in [-0.25, -0.2) is 4.39 Å². The number of carbonyl (C=O) groups is 3. The van der Waals surface area contributed by atoms with Gasteiger partial charge in [0.1, 0.15) is 11.6 Å². The minimum atomic E-state index is -1.39. The maximum Gasteiger partial charge on any atom is 0.303 e. The molecule has 0 radical (unpaired) electrons. The van der Waals surface area contributed by atoms with Gasteiger partial charge in [0.25, 0.3) is 0 Å². The molecule has 5 aliphatic heterocycles. The summed E-state index contributed by atoms with van der Waals surface area (Å²) in [6.45, 7) is 21.6. The number of nitrogens with one attached hydrogen (secondary N) is 1. The Bertz CT molecular complexity index is 1830. The van der Waals surface area contributed by atoms with Gasteiger partial charge in [0, 0.05) is 43.6 Å². The Kier molecular flexibility index (Phi) is 16.5. The molecule has 366 valence electrons. The minimum absolute atomic E-state index is 0.0232. The Morgan fingerprint density at radius 3 is 2.23 bits per heavy atom. The number of carbonyl (C=O) groups excluding carboxylic acids is 3.